The average molecular weight is 264 g/mol. The molecule has 0 spiro atoms. The zero-order valence-electron chi connectivity index (χ0n) is 12.1. The van der Waals surface area contributed by atoms with Gasteiger partial charge in [-0.3, -0.25) is 4.79 Å². The van der Waals surface area contributed by atoms with Gasteiger partial charge >= 0.3 is 0 Å². The first-order valence-corrected chi connectivity index (χ1v) is 7.11. The number of H-pyrrole nitrogens is 1. The van der Waals surface area contributed by atoms with Crippen LogP contribution in [-0.2, 0) is 0 Å². The molecule has 1 unspecified atom stereocenters. The molecular weight excluding hydrogens is 240 g/mol. The van der Waals surface area contributed by atoms with Crippen molar-refractivity contribution in [3.05, 3.63) is 22.2 Å². The standard InChI is InChI=1S/C14H24N4O/c1-10(2)18(9-12-5-4-6-15-8-12)13-7-14(19)17-11(3)16-13/h7,10,12,15H,4-6,8-9H2,1-3H3,(H,16,17,19). The normalized spacial score (nSPS) is 19.7. The molecule has 0 amide bonds. The van der Waals surface area contributed by atoms with E-state index in [9.17, 15) is 4.79 Å². The highest BCUT2D eigenvalue weighted by molar-refractivity contribution is 5.38. The van der Waals surface area contributed by atoms with E-state index in [1.807, 2.05) is 6.92 Å². The molecule has 2 rings (SSSR count). The molecule has 2 heterocycles. The molecule has 19 heavy (non-hydrogen) atoms. The van der Waals surface area contributed by atoms with Crippen LogP contribution < -0.4 is 15.8 Å². The van der Waals surface area contributed by atoms with E-state index in [-0.39, 0.29) is 5.56 Å². The van der Waals surface area contributed by atoms with E-state index in [4.69, 9.17) is 0 Å². The number of rotatable bonds is 4. The highest BCUT2D eigenvalue weighted by atomic mass is 16.1. The molecule has 0 bridgehead atoms. The highest BCUT2D eigenvalue weighted by Crippen LogP contribution is 2.18. The summed E-state index contributed by atoms with van der Waals surface area (Å²) in [5.41, 5.74) is -0.0741. The zero-order valence-corrected chi connectivity index (χ0v) is 12.1. The van der Waals surface area contributed by atoms with Gasteiger partial charge in [-0.2, -0.15) is 0 Å². The molecule has 0 saturated carbocycles. The number of nitrogens with zero attached hydrogens (tertiary/aromatic N) is 2. The lowest BCUT2D eigenvalue weighted by molar-refractivity contribution is 0.370. The molecule has 1 fully saturated rings. The Kier molecular flexibility index (Phi) is 4.58. The summed E-state index contributed by atoms with van der Waals surface area (Å²) < 4.78 is 0. The number of aromatic amines is 1. The second-order valence-corrected chi connectivity index (χ2v) is 5.65. The fraction of sp³-hybridized carbons (Fsp3) is 0.714. The molecule has 1 aliphatic heterocycles. The molecule has 5 nitrogen and oxygen atoms in total. The van der Waals surface area contributed by atoms with E-state index in [1.54, 1.807) is 6.07 Å². The van der Waals surface area contributed by atoms with Gasteiger partial charge in [0.05, 0.1) is 0 Å². The minimum absolute atomic E-state index is 0.0741. The number of nitrogens with one attached hydrogen (secondary N) is 2. The monoisotopic (exact) mass is 264 g/mol. The summed E-state index contributed by atoms with van der Waals surface area (Å²) in [5.74, 6) is 2.11. The van der Waals surface area contributed by atoms with Crippen molar-refractivity contribution in [3.63, 3.8) is 0 Å². The Morgan fingerprint density at radius 1 is 1.53 bits per heavy atom. The second kappa shape index (κ2) is 6.19. The maximum atomic E-state index is 11.6. The van der Waals surface area contributed by atoms with Crippen molar-refractivity contribution in [1.82, 2.24) is 15.3 Å². The Labute approximate surface area is 114 Å². The summed E-state index contributed by atoms with van der Waals surface area (Å²) in [4.78, 5) is 21.0. The number of hydrogen-bond acceptors (Lipinski definition) is 4. The lowest BCUT2D eigenvalue weighted by Crippen LogP contribution is -2.42. The van der Waals surface area contributed by atoms with Crippen LogP contribution in [0, 0.1) is 12.8 Å². The van der Waals surface area contributed by atoms with Gasteiger partial charge in [-0.1, -0.05) is 0 Å². The predicted molar refractivity (Wildman–Crippen MR) is 77.7 cm³/mol. The summed E-state index contributed by atoms with van der Waals surface area (Å²) in [6.07, 6.45) is 2.48. The third-order valence-corrected chi connectivity index (χ3v) is 3.62. The van der Waals surface area contributed by atoms with Gasteiger partial charge in [0.25, 0.3) is 5.56 Å². The van der Waals surface area contributed by atoms with E-state index in [1.165, 1.54) is 12.8 Å². The molecule has 1 aromatic heterocycles. The molecule has 1 aromatic rings. The van der Waals surface area contributed by atoms with Crippen molar-refractivity contribution in [3.8, 4) is 0 Å². The van der Waals surface area contributed by atoms with Crippen LogP contribution in [0.1, 0.15) is 32.5 Å². The Morgan fingerprint density at radius 2 is 2.32 bits per heavy atom. The van der Waals surface area contributed by atoms with Crippen molar-refractivity contribution >= 4 is 5.82 Å². The quantitative estimate of drug-likeness (QED) is 0.860. The first-order valence-electron chi connectivity index (χ1n) is 7.11. The summed E-state index contributed by atoms with van der Waals surface area (Å²) >= 11 is 0. The molecule has 1 atom stereocenters. The fourth-order valence-electron chi connectivity index (χ4n) is 2.64. The van der Waals surface area contributed by atoms with Crippen LogP contribution >= 0.6 is 0 Å². The van der Waals surface area contributed by atoms with E-state index in [2.05, 4.69) is 34.0 Å². The lowest BCUT2D eigenvalue weighted by atomic mass is 9.98. The molecule has 2 N–H and O–H groups in total. The van der Waals surface area contributed by atoms with Crippen LogP contribution in [0.5, 0.6) is 0 Å². The van der Waals surface area contributed by atoms with Crippen molar-refractivity contribution < 1.29 is 0 Å². The van der Waals surface area contributed by atoms with Crippen LogP contribution in [-0.4, -0.2) is 35.6 Å². The fourth-order valence-corrected chi connectivity index (χ4v) is 2.64. The molecule has 0 aliphatic carbocycles. The lowest BCUT2D eigenvalue weighted by Gasteiger charge is -2.33. The van der Waals surface area contributed by atoms with Gasteiger partial charge in [-0.15, -0.1) is 0 Å². The third kappa shape index (κ3) is 3.80. The Morgan fingerprint density at radius 3 is 2.89 bits per heavy atom. The number of hydrogen-bond donors (Lipinski definition) is 2. The van der Waals surface area contributed by atoms with Gasteiger partial charge in [0, 0.05) is 18.7 Å². The summed E-state index contributed by atoms with van der Waals surface area (Å²) in [6.45, 7) is 9.26. The van der Waals surface area contributed by atoms with Crippen LogP contribution in [0.2, 0.25) is 0 Å². The van der Waals surface area contributed by atoms with Crippen molar-refractivity contribution in [1.29, 1.82) is 0 Å². The van der Waals surface area contributed by atoms with Crippen LogP contribution in [0.25, 0.3) is 0 Å². The Balaban J connectivity index is 2.16. The molecular formula is C14H24N4O. The number of anilines is 1. The molecule has 0 radical (unpaired) electrons. The Hall–Kier alpha value is -1.36. The Bertz CT molecular complexity index is 463. The van der Waals surface area contributed by atoms with E-state index >= 15 is 0 Å². The van der Waals surface area contributed by atoms with Gasteiger partial charge in [0.15, 0.2) is 0 Å². The smallest absolute Gasteiger partial charge is 0.252 e. The van der Waals surface area contributed by atoms with Gasteiger partial charge in [0.1, 0.15) is 11.6 Å². The second-order valence-electron chi connectivity index (χ2n) is 5.65. The number of aryl methyl sites for hydroxylation is 1. The maximum absolute atomic E-state index is 11.6. The predicted octanol–water partition coefficient (Wildman–Crippen LogP) is 1.29. The van der Waals surface area contributed by atoms with Crippen molar-refractivity contribution in [2.45, 2.75) is 39.7 Å². The van der Waals surface area contributed by atoms with Crippen molar-refractivity contribution in [2.75, 3.05) is 24.5 Å². The van der Waals surface area contributed by atoms with E-state index < -0.39 is 0 Å². The van der Waals surface area contributed by atoms with Gasteiger partial charge in [0.2, 0.25) is 0 Å². The number of piperidine rings is 1. The molecule has 1 aliphatic rings. The molecule has 0 aromatic carbocycles. The van der Waals surface area contributed by atoms with Gasteiger partial charge in [-0.25, -0.2) is 4.98 Å². The maximum Gasteiger partial charge on any atom is 0.252 e. The zero-order chi connectivity index (χ0) is 13.8. The summed E-state index contributed by atoms with van der Waals surface area (Å²) in [6, 6.07) is 1.94. The summed E-state index contributed by atoms with van der Waals surface area (Å²) in [5, 5.41) is 3.44. The summed E-state index contributed by atoms with van der Waals surface area (Å²) in [7, 11) is 0. The first kappa shape index (κ1) is 14.1. The topological polar surface area (TPSA) is 61.0 Å². The van der Waals surface area contributed by atoms with E-state index in [0.717, 1.165) is 25.5 Å². The molecule has 5 heteroatoms. The van der Waals surface area contributed by atoms with Gasteiger partial charge in [-0.05, 0) is 52.6 Å². The first-order chi connectivity index (χ1) is 9.06. The van der Waals surface area contributed by atoms with Gasteiger partial charge < -0.3 is 15.2 Å². The largest absolute Gasteiger partial charge is 0.354 e. The minimum Gasteiger partial charge on any atom is -0.354 e. The highest BCUT2D eigenvalue weighted by Gasteiger charge is 2.20. The number of aromatic nitrogens is 2. The van der Waals surface area contributed by atoms with Crippen LogP contribution in [0.15, 0.2) is 10.9 Å². The van der Waals surface area contributed by atoms with Crippen molar-refractivity contribution in [2.24, 2.45) is 5.92 Å². The van der Waals surface area contributed by atoms with Crippen LogP contribution in [0.4, 0.5) is 5.82 Å². The van der Waals surface area contributed by atoms with E-state index in [0.29, 0.717) is 17.8 Å². The molecule has 1 saturated heterocycles. The minimum atomic E-state index is -0.0741. The molecule has 106 valence electrons. The van der Waals surface area contributed by atoms with Crippen LogP contribution in [0.3, 0.4) is 0 Å². The average Bonchev–Trinajstić information content (AvgIpc) is 2.35. The SMILES string of the molecule is Cc1nc(N(CC2CCCNC2)C(C)C)cc(=O)[nH]1. The third-order valence-electron chi connectivity index (χ3n) is 3.62.